The van der Waals surface area contributed by atoms with Crippen molar-refractivity contribution in [1.82, 2.24) is 24.9 Å². The minimum absolute atomic E-state index is 0.0670. The Morgan fingerprint density at radius 1 is 1.19 bits per heavy atom. The van der Waals surface area contributed by atoms with Gasteiger partial charge in [0.1, 0.15) is 5.82 Å². The average Bonchev–Trinajstić information content (AvgIpc) is 3.18. The number of ether oxygens (including phenoxy) is 2. The molecule has 0 fully saturated rings. The van der Waals surface area contributed by atoms with Gasteiger partial charge in [0.2, 0.25) is 5.91 Å². The van der Waals surface area contributed by atoms with Gasteiger partial charge in [-0.2, -0.15) is 13.3 Å². The van der Waals surface area contributed by atoms with Crippen LogP contribution < -0.4 is 14.8 Å². The molecule has 0 spiro atoms. The Kier molecular flexibility index (Phi) is 6.35. The summed E-state index contributed by atoms with van der Waals surface area (Å²) in [4.78, 5) is 21.5. The number of alkyl halides is 2. The van der Waals surface area contributed by atoms with E-state index in [-0.39, 0.29) is 29.7 Å². The molecule has 0 atom stereocenters. The van der Waals surface area contributed by atoms with Crippen molar-refractivity contribution in [2.75, 3.05) is 12.9 Å². The zero-order chi connectivity index (χ0) is 22.7. The minimum Gasteiger partial charge on any atom is -0.493 e. The van der Waals surface area contributed by atoms with Crippen LogP contribution in [0.2, 0.25) is 0 Å². The van der Waals surface area contributed by atoms with Gasteiger partial charge in [0.05, 0.1) is 18.4 Å². The van der Waals surface area contributed by atoms with Crippen molar-refractivity contribution in [2.24, 2.45) is 0 Å². The van der Waals surface area contributed by atoms with E-state index in [2.05, 4.69) is 25.1 Å². The third kappa shape index (κ3) is 4.72. The van der Waals surface area contributed by atoms with Crippen LogP contribution in [0.4, 0.5) is 8.78 Å². The molecule has 2 heterocycles. The maximum Gasteiger partial charge on any atom is 0.387 e. The average molecular weight is 459 g/mol. The number of thioether (sulfide) groups is 1. The Morgan fingerprint density at radius 2 is 2.00 bits per heavy atom. The molecule has 0 aliphatic heterocycles. The number of para-hydroxylation sites is 1. The van der Waals surface area contributed by atoms with Crippen molar-refractivity contribution in [1.29, 1.82) is 0 Å². The van der Waals surface area contributed by atoms with Crippen LogP contribution in [-0.4, -0.2) is 45.0 Å². The highest BCUT2D eigenvalue weighted by molar-refractivity contribution is 7.99. The molecule has 0 saturated heterocycles. The number of methoxy groups -OCH3 is 1. The van der Waals surface area contributed by atoms with E-state index < -0.39 is 6.61 Å². The minimum atomic E-state index is -2.95. The van der Waals surface area contributed by atoms with Crippen molar-refractivity contribution in [2.45, 2.75) is 25.2 Å². The van der Waals surface area contributed by atoms with Gasteiger partial charge in [0.25, 0.3) is 0 Å². The number of carbonyl (C=O) groups excluding carboxylic acids is 1. The smallest absolute Gasteiger partial charge is 0.387 e. The summed E-state index contributed by atoms with van der Waals surface area (Å²) in [6.45, 7) is -0.946. The lowest BCUT2D eigenvalue weighted by Crippen LogP contribution is -2.24. The lowest BCUT2D eigenvalue weighted by atomic mass is 10.2. The maximum atomic E-state index is 12.4. The third-order valence-electron chi connectivity index (χ3n) is 4.52. The van der Waals surface area contributed by atoms with Crippen molar-refractivity contribution in [3.8, 4) is 11.5 Å². The van der Waals surface area contributed by atoms with Gasteiger partial charge in [-0.15, -0.1) is 5.10 Å². The molecule has 4 rings (SSSR count). The first-order valence-corrected chi connectivity index (χ1v) is 10.6. The number of benzene rings is 2. The van der Waals surface area contributed by atoms with E-state index in [4.69, 9.17) is 4.74 Å². The van der Waals surface area contributed by atoms with Crippen molar-refractivity contribution in [3.63, 3.8) is 0 Å². The molecule has 4 aromatic rings. The molecule has 32 heavy (non-hydrogen) atoms. The third-order valence-corrected chi connectivity index (χ3v) is 5.45. The fraction of sp³-hybridized carbons (Fsp3) is 0.238. The molecular formula is C21H19F2N5O3S. The lowest BCUT2D eigenvalue weighted by molar-refractivity contribution is -0.118. The molecule has 8 nitrogen and oxygen atoms in total. The van der Waals surface area contributed by atoms with Crippen LogP contribution in [0.25, 0.3) is 16.6 Å². The second-order valence-electron chi connectivity index (χ2n) is 6.74. The van der Waals surface area contributed by atoms with Crippen LogP contribution in [-0.2, 0) is 11.3 Å². The Bertz CT molecular complexity index is 1280. The summed E-state index contributed by atoms with van der Waals surface area (Å²) in [5.41, 5.74) is 2.14. The lowest BCUT2D eigenvalue weighted by Gasteiger charge is -2.12. The van der Waals surface area contributed by atoms with Gasteiger partial charge in [0.15, 0.2) is 22.3 Å². The van der Waals surface area contributed by atoms with Gasteiger partial charge in [-0.05, 0) is 36.8 Å². The number of hydrogen-bond acceptors (Lipinski definition) is 7. The van der Waals surface area contributed by atoms with Crippen LogP contribution in [0.15, 0.2) is 47.6 Å². The van der Waals surface area contributed by atoms with E-state index in [1.165, 1.54) is 31.0 Å². The van der Waals surface area contributed by atoms with Gasteiger partial charge in [-0.25, -0.2) is 9.97 Å². The molecule has 0 aliphatic carbocycles. The monoisotopic (exact) mass is 459 g/mol. The summed E-state index contributed by atoms with van der Waals surface area (Å²) in [7, 11) is 1.36. The zero-order valence-electron chi connectivity index (χ0n) is 17.2. The van der Waals surface area contributed by atoms with Gasteiger partial charge >= 0.3 is 6.61 Å². The molecule has 2 aromatic carbocycles. The summed E-state index contributed by atoms with van der Waals surface area (Å²) in [6, 6.07) is 12.1. The highest BCUT2D eigenvalue weighted by Crippen LogP contribution is 2.29. The fourth-order valence-electron chi connectivity index (χ4n) is 3.12. The number of hydrogen-bond donors (Lipinski definition) is 1. The predicted octanol–water partition coefficient (Wildman–Crippen LogP) is 3.60. The molecule has 0 radical (unpaired) electrons. The van der Waals surface area contributed by atoms with Gasteiger partial charge in [-0.3, -0.25) is 4.79 Å². The first-order valence-electron chi connectivity index (χ1n) is 9.58. The number of halogens is 2. The van der Waals surface area contributed by atoms with Crippen molar-refractivity contribution < 1.29 is 23.0 Å². The standard InChI is InChI=1S/C21H19F2N5O3S/c1-12-25-19-14-5-3-4-6-15(14)26-21(28(19)27-12)32-11-18(29)24-10-13-7-8-16(31-20(22)23)17(9-13)30-2/h3-9,20H,10-11H2,1-2H3,(H,24,29). The van der Waals surface area contributed by atoms with E-state index in [1.54, 1.807) is 17.5 Å². The summed E-state index contributed by atoms with van der Waals surface area (Å²) < 4.78 is 36.0. The number of nitrogens with zero attached hydrogens (tertiary/aromatic N) is 4. The first-order chi connectivity index (χ1) is 15.4. The molecule has 1 amide bonds. The molecule has 166 valence electrons. The van der Waals surface area contributed by atoms with Crippen LogP contribution in [0.5, 0.6) is 11.5 Å². The molecule has 0 unspecified atom stereocenters. The zero-order valence-corrected chi connectivity index (χ0v) is 18.0. The van der Waals surface area contributed by atoms with E-state index in [0.717, 1.165) is 10.9 Å². The summed E-state index contributed by atoms with van der Waals surface area (Å²) in [5.74, 6) is 0.603. The maximum absolute atomic E-state index is 12.4. The van der Waals surface area contributed by atoms with Gasteiger partial charge in [0, 0.05) is 11.9 Å². The van der Waals surface area contributed by atoms with E-state index in [1.807, 2.05) is 24.3 Å². The number of amides is 1. The number of aromatic nitrogens is 4. The number of aryl methyl sites for hydroxylation is 1. The molecular weight excluding hydrogens is 440 g/mol. The topological polar surface area (TPSA) is 90.6 Å². The van der Waals surface area contributed by atoms with Crippen molar-refractivity contribution >= 4 is 34.2 Å². The SMILES string of the molecule is COc1cc(CNC(=O)CSc2nc3ccccc3c3nc(C)nn23)ccc1OC(F)F. The second-order valence-corrected chi connectivity index (χ2v) is 7.68. The van der Waals surface area contributed by atoms with E-state index in [9.17, 15) is 13.6 Å². The van der Waals surface area contributed by atoms with Crippen LogP contribution in [0.3, 0.4) is 0 Å². The fourth-order valence-corrected chi connectivity index (χ4v) is 3.90. The van der Waals surface area contributed by atoms with E-state index in [0.29, 0.717) is 22.2 Å². The summed E-state index contributed by atoms with van der Waals surface area (Å²) >= 11 is 1.25. The number of nitrogens with one attached hydrogen (secondary N) is 1. The number of fused-ring (bicyclic) bond motifs is 3. The Balaban J connectivity index is 1.43. The molecule has 0 aliphatic rings. The number of carbonyl (C=O) groups is 1. The van der Waals surface area contributed by atoms with Gasteiger partial charge < -0.3 is 14.8 Å². The molecule has 0 bridgehead atoms. The quantitative estimate of drug-likeness (QED) is 0.318. The van der Waals surface area contributed by atoms with Gasteiger partial charge in [-0.1, -0.05) is 30.0 Å². The van der Waals surface area contributed by atoms with Crippen LogP contribution in [0, 0.1) is 6.92 Å². The molecule has 11 heteroatoms. The van der Waals surface area contributed by atoms with Crippen LogP contribution in [0.1, 0.15) is 11.4 Å². The molecule has 2 aromatic heterocycles. The Morgan fingerprint density at radius 3 is 2.78 bits per heavy atom. The highest BCUT2D eigenvalue weighted by Gasteiger charge is 2.15. The number of rotatable bonds is 8. The molecule has 0 saturated carbocycles. The molecule has 1 N–H and O–H groups in total. The second kappa shape index (κ2) is 9.35. The highest BCUT2D eigenvalue weighted by atomic mass is 32.2. The predicted molar refractivity (Wildman–Crippen MR) is 115 cm³/mol. The van der Waals surface area contributed by atoms with Crippen molar-refractivity contribution in [3.05, 3.63) is 53.9 Å². The first kappa shape index (κ1) is 21.8. The van der Waals surface area contributed by atoms with Crippen LogP contribution >= 0.6 is 11.8 Å². The Hall–Kier alpha value is -3.47. The van der Waals surface area contributed by atoms with E-state index >= 15 is 0 Å². The summed E-state index contributed by atoms with van der Waals surface area (Å²) in [5, 5.41) is 8.63. The normalized spacial score (nSPS) is 11.3. The largest absolute Gasteiger partial charge is 0.493 e. The summed E-state index contributed by atoms with van der Waals surface area (Å²) in [6.07, 6.45) is 0. The Labute approximate surface area is 185 Å².